The Bertz CT molecular complexity index is 834. The topological polar surface area (TPSA) is 69.7 Å². The largest absolute Gasteiger partial charge is 0.334 e. The summed E-state index contributed by atoms with van der Waals surface area (Å²) in [6, 6.07) is 10.4. The number of carbonyl (C=O) groups excluding carboxylic acids is 3. The Morgan fingerprint density at radius 2 is 1.92 bits per heavy atom. The fourth-order valence-corrected chi connectivity index (χ4v) is 3.77. The molecule has 0 unspecified atom stereocenters. The van der Waals surface area contributed by atoms with Crippen molar-refractivity contribution in [3.63, 3.8) is 0 Å². The van der Waals surface area contributed by atoms with Crippen molar-refractivity contribution in [2.75, 3.05) is 11.6 Å². The maximum atomic E-state index is 12.7. The standard InChI is InChI=1S/C18H18ClN3O3S/c1-2-21(11-14-7-8-15(19)26-14)18(25)12-3-5-13(6-4-12)22-17(24)10-9-16(23)20-22/h3-8H,2,9-11H2,1H3,(H,20,23). The van der Waals surface area contributed by atoms with Gasteiger partial charge >= 0.3 is 0 Å². The van der Waals surface area contributed by atoms with E-state index in [9.17, 15) is 14.4 Å². The van der Waals surface area contributed by atoms with Crippen LogP contribution in [0.2, 0.25) is 4.34 Å². The van der Waals surface area contributed by atoms with Crippen LogP contribution in [0.4, 0.5) is 5.69 Å². The number of hydrazine groups is 1. The van der Waals surface area contributed by atoms with Gasteiger partial charge in [-0.3, -0.25) is 19.8 Å². The highest BCUT2D eigenvalue weighted by Gasteiger charge is 2.24. The van der Waals surface area contributed by atoms with E-state index in [0.29, 0.717) is 28.7 Å². The van der Waals surface area contributed by atoms with E-state index < -0.39 is 0 Å². The minimum absolute atomic E-state index is 0.0995. The normalized spacial score (nSPS) is 14.3. The molecule has 3 amide bonds. The van der Waals surface area contributed by atoms with E-state index in [1.165, 1.54) is 16.3 Å². The predicted octanol–water partition coefficient (Wildman–Crippen LogP) is 3.22. The minimum Gasteiger partial charge on any atom is -0.334 e. The van der Waals surface area contributed by atoms with Crippen molar-refractivity contribution in [2.24, 2.45) is 0 Å². The Morgan fingerprint density at radius 1 is 1.19 bits per heavy atom. The molecule has 1 aliphatic heterocycles. The van der Waals surface area contributed by atoms with E-state index in [1.54, 1.807) is 29.2 Å². The second-order valence-electron chi connectivity index (χ2n) is 5.84. The lowest BCUT2D eigenvalue weighted by Gasteiger charge is -2.27. The summed E-state index contributed by atoms with van der Waals surface area (Å²) in [5.74, 6) is -0.470. The highest BCUT2D eigenvalue weighted by Crippen LogP contribution is 2.24. The molecular weight excluding hydrogens is 374 g/mol. The third-order valence-electron chi connectivity index (χ3n) is 4.07. The van der Waals surface area contributed by atoms with Gasteiger partial charge in [-0.2, -0.15) is 0 Å². The average molecular weight is 392 g/mol. The van der Waals surface area contributed by atoms with E-state index in [1.807, 2.05) is 19.1 Å². The van der Waals surface area contributed by atoms with Gasteiger partial charge in [0, 0.05) is 29.8 Å². The molecule has 1 fully saturated rings. The molecule has 26 heavy (non-hydrogen) atoms. The summed E-state index contributed by atoms with van der Waals surface area (Å²) in [6.07, 6.45) is 0.379. The summed E-state index contributed by atoms with van der Waals surface area (Å²) in [5.41, 5.74) is 3.60. The lowest BCUT2D eigenvalue weighted by molar-refractivity contribution is -0.130. The summed E-state index contributed by atoms with van der Waals surface area (Å²) >= 11 is 7.40. The molecule has 0 radical (unpaired) electrons. The zero-order valence-electron chi connectivity index (χ0n) is 14.2. The third kappa shape index (κ3) is 4.05. The molecule has 0 spiro atoms. The smallest absolute Gasteiger partial charge is 0.254 e. The van der Waals surface area contributed by atoms with Crippen LogP contribution >= 0.6 is 22.9 Å². The van der Waals surface area contributed by atoms with Gasteiger partial charge in [-0.1, -0.05) is 11.6 Å². The highest BCUT2D eigenvalue weighted by molar-refractivity contribution is 7.16. The SMILES string of the molecule is CCN(Cc1ccc(Cl)s1)C(=O)c1ccc(N2NC(=O)CCC2=O)cc1. The number of halogens is 1. The fraction of sp³-hybridized carbons (Fsp3) is 0.278. The molecule has 0 saturated carbocycles. The van der Waals surface area contributed by atoms with E-state index in [2.05, 4.69) is 5.43 Å². The summed E-state index contributed by atoms with van der Waals surface area (Å²) in [5, 5.41) is 1.23. The van der Waals surface area contributed by atoms with Gasteiger partial charge in [0.2, 0.25) is 11.8 Å². The number of nitrogens with zero attached hydrogens (tertiary/aromatic N) is 2. The highest BCUT2D eigenvalue weighted by atomic mass is 35.5. The van der Waals surface area contributed by atoms with Crippen molar-refractivity contribution in [3.8, 4) is 0 Å². The monoisotopic (exact) mass is 391 g/mol. The Labute approximate surface area is 160 Å². The number of thiophene rings is 1. The first-order chi connectivity index (χ1) is 12.5. The fourth-order valence-electron chi connectivity index (χ4n) is 2.67. The molecular formula is C18H18ClN3O3S. The Morgan fingerprint density at radius 3 is 2.54 bits per heavy atom. The van der Waals surface area contributed by atoms with E-state index in [-0.39, 0.29) is 30.6 Å². The minimum atomic E-state index is -0.198. The molecule has 136 valence electrons. The third-order valence-corrected chi connectivity index (χ3v) is 5.28. The predicted molar refractivity (Wildman–Crippen MR) is 101 cm³/mol. The number of hydrogen-bond acceptors (Lipinski definition) is 4. The second-order valence-corrected chi connectivity index (χ2v) is 7.64. The van der Waals surface area contributed by atoms with Gasteiger partial charge in [0.05, 0.1) is 16.6 Å². The van der Waals surface area contributed by atoms with Crippen molar-refractivity contribution in [1.82, 2.24) is 10.3 Å². The maximum Gasteiger partial charge on any atom is 0.254 e. The van der Waals surface area contributed by atoms with Crippen LogP contribution in [0.15, 0.2) is 36.4 Å². The zero-order chi connectivity index (χ0) is 18.7. The lowest BCUT2D eigenvalue weighted by atomic mass is 10.1. The van der Waals surface area contributed by atoms with Gasteiger partial charge in [-0.05, 0) is 43.3 Å². The van der Waals surface area contributed by atoms with Crippen LogP contribution in [0.1, 0.15) is 35.0 Å². The molecule has 1 saturated heterocycles. The van der Waals surface area contributed by atoms with Gasteiger partial charge in [0.25, 0.3) is 5.91 Å². The number of nitrogens with one attached hydrogen (secondary N) is 1. The number of carbonyl (C=O) groups is 3. The molecule has 2 heterocycles. The molecule has 1 aromatic carbocycles. The van der Waals surface area contributed by atoms with Crippen molar-refractivity contribution in [2.45, 2.75) is 26.3 Å². The Kier molecular flexibility index (Phi) is 5.58. The van der Waals surface area contributed by atoms with Gasteiger partial charge in [-0.25, -0.2) is 5.01 Å². The van der Waals surface area contributed by atoms with Crippen LogP contribution in [0, 0.1) is 0 Å². The van der Waals surface area contributed by atoms with Gasteiger partial charge in [0.15, 0.2) is 0 Å². The molecule has 0 atom stereocenters. The van der Waals surface area contributed by atoms with Crippen molar-refractivity contribution in [3.05, 3.63) is 51.2 Å². The first-order valence-corrected chi connectivity index (χ1v) is 9.43. The molecule has 0 bridgehead atoms. The number of hydrogen-bond donors (Lipinski definition) is 1. The van der Waals surface area contributed by atoms with Crippen LogP contribution in [0.25, 0.3) is 0 Å². The Balaban J connectivity index is 1.73. The first-order valence-electron chi connectivity index (χ1n) is 8.24. The van der Waals surface area contributed by atoms with Crippen molar-refractivity contribution >= 4 is 46.3 Å². The number of benzene rings is 1. The quantitative estimate of drug-likeness (QED) is 0.850. The molecule has 1 aromatic heterocycles. The Hall–Kier alpha value is -2.38. The van der Waals surface area contributed by atoms with E-state index in [0.717, 1.165) is 4.88 Å². The lowest BCUT2D eigenvalue weighted by Crippen LogP contribution is -2.50. The van der Waals surface area contributed by atoms with Crippen LogP contribution < -0.4 is 10.4 Å². The summed E-state index contributed by atoms with van der Waals surface area (Å²) < 4.78 is 0.695. The van der Waals surface area contributed by atoms with E-state index in [4.69, 9.17) is 11.6 Å². The van der Waals surface area contributed by atoms with Crippen molar-refractivity contribution in [1.29, 1.82) is 0 Å². The van der Waals surface area contributed by atoms with E-state index >= 15 is 0 Å². The molecule has 6 nitrogen and oxygen atoms in total. The molecule has 8 heteroatoms. The summed E-state index contributed by atoms with van der Waals surface area (Å²) in [4.78, 5) is 38.9. The molecule has 2 aromatic rings. The maximum absolute atomic E-state index is 12.7. The van der Waals surface area contributed by atoms with Gasteiger partial charge < -0.3 is 4.90 Å². The first kappa shape index (κ1) is 18.4. The van der Waals surface area contributed by atoms with Crippen LogP contribution in [-0.2, 0) is 16.1 Å². The molecule has 1 aliphatic rings. The number of rotatable bonds is 5. The zero-order valence-corrected chi connectivity index (χ0v) is 15.8. The molecule has 0 aliphatic carbocycles. The van der Waals surface area contributed by atoms with Crippen LogP contribution in [0.3, 0.4) is 0 Å². The van der Waals surface area contributed by atoms with Gasteiger partial charge in [-0.15, -0.1) is 11.3 Å². The summed E-state index contributed by atoms with van der Waals surface area (Å²) in [7, 11) is 0. The average Bonchev–Trinajstić information content (AvgIpc) is 3.06. The van der Waals surface area contributed by atoms with Crippen LogP contribution in [0.5, 0.6) is 0 Å². The van der Waals surface area contributed by atoms with Crippen molar-refractivity contribution < 1.29 is 14.4 Å². The second kappa shape index (κ2) is 7.88. The molecule has 1 N–H and O–H groups in total. The van der Waals surface area contributed by atoms with Gasteiger partial charge in [0.1, 0.15) is 0 Å². The number of anilines is 1. The summed E-state index contributed by atoms with van der Waals surface area (Å²) in [6.45, 7) is 2.98. The number of amides is 3. The molecule has 3 rings (SSSR count). The van der Waals surface area contributed by atoms with Crippen LogP contribution in [-0.4, -0.2) is 29.2 Å².